The van der Waals surface area contributed by atoms with Gasteiger partial charge in [0.2, 0.25) is 0 Å². The first-order valence-electron chi connectivity index (χ1n) is 9.94. The van der Waals surface area contributed by atoms with Gasteiger partial charge < -0.3 is 25.8 Å². The summed E-state index contributed by atoms with van der Waals surface area (Å²) < 4.78 is 9.70. The molecule has 0 atom stereocenters. The van der Waals surface area contributed by atoms with Gasteiger partial charge >= 0.3 is 6.16 Å². The van der Waals surface area contributed by atoms with Crippen molar-refractivity contribution < 1.29 is 23.9 Å². The predicted molar refractivity (Wildman–Crippen MR) is 121 cm³/mol. The molecule has 0 fully saturated rings. The average Bonchev–Trinajstić information content (AvgIpc) is 2.79. The van der Waals surface area contributed by atoms with Crippen molar-refractivity contribution in [3.63, 3.8) is 0 Å². The van der Waals surface area contributed by atoms with E-state index in [1.165, 1.54) is 24.3 Å². The van der Waals surface area contributed by atoms with E-state index in [1.54, 1.807) is 43.3 Å². The van der Waals surface area contributed by atoms with Gasteiger partial charge in [-0.3, -0.25) is 9.59 Å². The lowest BCUT2D eigenvalue weighted by molar-refractivity contribution is 0.0949. The second-order valence-corrected chi connectivity index (χ2v) is 6.73. The quantitative estimate of drug-likeness (QED) is 0.294. The highest BCUT2D eigenvalue weighted by Crippen LogP contribution is 2.18. The molecule has 8 heteroatoms. The van der Waals surface area contributed by atoms with Crippen LogP contribution < -0.4 is 21.1 Å². The molecule has 0 unspecified atom stereocenters. The Labute approximate surface area is 185 Å². The van der Waals surface area contributed by atoms with Crippen LogP contribution in [-0.2, 0) is 11.3 Å². The van der Waals surface area contributed by atoms with E-state index < -0.39 is 6.16 Å². The Morgan fingerprint density at radius 1 is 0.844 bits per heavy atom. The Morgan fingerprint density at radius 3 is 2.16 bits per heavy atom. The van der Waals surface area contributed by atoms with Crippen LogP contribution in [0.25, 0.3) is 0 Å². The van der Waals surface area contributed by atoms with Gasteiger partial charge in [0.15, 0.2) is 0 Å². The zero-order valence-corrected chi connectivity index (χ0v) is 17.5. The molecule has 32 heavy (non-hydrogen) atoms. The molecule has 164 valence electrons. The molecule has 4 N–H and O–H groups in total. The molecule has 0 aliphatic carbocycles. The molecule has 0 saturated carbocycles. The number of amides is 2. The number of nitrogens with two attached hydrogens (primary N) is 1. The highest BCUT2D eigenvalue weighted by molar-refractivity contribution is 6.04. The number of hydrogen-bond donors (Lipinski definition) is 3. The summed E-state index contributed by atoms with van der Waals surface area (Å²) in [6.45, 7) is 2.11. The fourth-order valence-corrected chi connectivity index (χ4v) is 2.82. The predicted octanol–water partition coefficient (Wildman–Crippen LogP) is 3.99. The fraction of sp³-hybridized carbons (Fsp3) is 0.125. The smallest absolute Gasteiger partial charge is 0.434 e. The first-order chi connectivity index (χ1) is 15.5. The topological polar surface area (TPSA) is 120 Å². The number of hydrogen-bond acceptors (Lipinski definition) is 6. The summed E-state index contributed by atoms with van der Waals surface area (Å²) in [5.74, 6) is -0.320. The monoisotopic (exact) mass is 433 g/mol. The number of nitrogen functional groups attached to an aromatic ring is 1. The fourth-order valence-electron chi connectivity index (χ4n) is 2.82. The van der Waals surface area contributed by atoms with Crippen molar-refractivity contribution in [2.45, 2.75) is 13.5 Å². The summed E-state index contributed by atoms with van der Waals surface area (Å²) in [6, 6.07) is 19.9. The number of carbonyl (C=O) groups is 3. The third-order valence-electron chi connectivity index (χ3n) is 4.46. The van der Waals surface area contributed by atoms with Crippen molar-refractivity contribution in [2.24, 2.45) is 0 Å². The van der Waals surface area contributed by atoms with Crippen molar-refractivity contribution in [3.8, 4) is 5.75 Å². The van der Waals surface area contributed by atoms with Crippen LogP contribution in [0.5, 0.6) is 5.75 Å². The van der Waals surface area contributed by atoms with Gasteiger partial charge in [-0.05, 0) is 67.1 Å². The molecule has 0 aromatic heterocycles. The maximum absolute atomic E-state index is 12.7. The summed E-state index contributed by atoms with van der Waals surface area (Å²) in [4.78, 5) is 36.4. The minimum absolute atomic E-state index is 0.208. The van der Waals surface area contributed by atoms with Crippen molar-refractivity contribution in [2.75, 3.05) is 17.7 Å². The van der Waals surface area contributed by atoms with E-state index in [9.17, 15) is 14.4 Å². The molecular formula is C24H23N3O5. The number of para-hydroxylation sites is 1. The molecule has 3 rings (SSSR count). The van der Waals surface area contributed by atoms with Crippen LogP contribution in [-0.4, -0.2) is 24.6 Å². The molecule has 3 aromatic rings. The van der Waals surface area contributed by atoms with E-state index in [4.69, 9.17) is 15.2 Å². The highest BCUT2D eigenvalue weighted by Gasteiger charge is 2.12. The standard InChI is InChI=1S/C24H23N3O5/c1-2-31-24(30)32-20-13-9-17(10-14-20)23(29)27-21-6-4-3-5-18(21)15-26-22(28)16-7-11-19(25)12-8-16/h3-14H,2,15,25H2,1H3,(H,26,28)(H,27,29). The molecule has 8 nitrogen and oxygen atoms in total. The normalized spacial score (nSPS) is 10.2. The Morgan fingerprint density at radius 2 is 1.47 bits per heavy atom. The molecule has 2 amide bonds. The van der Waals surface area contributed by atoms with E-state index in [0.717, 1.165) is 5.56 Å². The number of nitrogens with one attached hydrogen (secondary N) is 2. The second kappa shape index (κ2) is 10.6. The van der Waals surface area contributed by atoms with Crippen LogP contribution in [0.4, 0.5) is 16.2 Å². The summed E-state index contributed by atoms with van der Waals surface area (Å²) in [6.07, 6.45) is -0.806. The maximum atomic E-state index is 12.7. The molecule has 3 aromatic carbocycles. The summed E-state index contributed by atoms with van der Waals surface area (Å²) in [5.41, 5.74) is 8.41. The van der Waals surface area contributed by atoms with Crippen LogP contribution in [0.2, 0.25) is 0 Å². The number of rotatable bonds is 7. The van der Waals surface area contributed by atoms with Gasteiger partial charge in [-0.1, -0.05) is 18.2 Å². The Kier molecular flexibility index (Phi) is 7.42. The third-order valence-corrected chi connectivity index (χ3v) is 4.46. The molecule has 0 heterocycles. The largest absolute Gasteiger partial charge is 0.513 e. The molecule has 0 bridgehead atoms. The van der Waals surface area contributed by atoms with E-state index in [-0.39, 0.29) is 30.7 Å². The molecular weight excluding hydrogens is 410 g/mol. The van der Waals surface area contributed by atoms with E-state index >= 15 is 0 Å². The molecule has 0 radical (unpaired) electrons. The van der Waals surface area contributed by atoms with E-state index in [2.05, 4.69) is 10.6 Å². The van der Waals surface area contributed by atoms with Gasteiger partial charge in [0.1, 0.15) is 5.75 Å². The number of anilines is 2. The molecule has 0 saturated heterocycles. The van der Waals surface area contributed by atoms with Gasteiger partial charge in [0, 0.05) is 29.0 Å². The maximum Gasteiger partial charge on any atom is 0.513 e. The zero-order chi connectivity index (χ0) is 22.9. The average molecular weight is 433 g/mol. The molecule has 0 aliphatic heterocycles. The zero-order valence-electron chi connectivity index (χ0n) is 17.5. The van der Waals surface area contributed by atoms with Gasteiger partial charge in [-0.25, -0.2) is 4.79 Å². The van der Waals surface area contributed by atoms with Gasteiger partial charge in [0.05, 0.1) is 6.61 Å². The lowest BCUT2D eigenvalue weighted by atomic mass is 10.1. The van der Waals surface area contributed by atoms with Gasteiger partial charge in [-0.15, -0.1) is 0 Å². The number of carbonyl (C=O) groups excluding carboxylic acids is 3. The van der Waals surface area contributed by atoms with Crippen LogP contribution in [0.1, 0.15) is 33.2 Å². The van der Waals surface area contributed by atoms with Crippen LogP contribution in [0.3, 0.4) is 0 Å². The summed E-state index contributed by atoms with van der Waals surface area (Å²) in [7, 11) is 0. The minimum atomic E-state index is -0.806. The second-order valence-electron chi connectivity index (χ2n) is 6.73. The van der Waals surface area contributed by atoms with Gasteiger partial charge in [0.25, 0.3) is 11.8 Å². The summed E-state index contributed by atoms with van der Waals surface area (Å²) >= 11 is 0. The minimum Gasteiger partial charge on any atom is -0.434 e. The Hall–Kier alpha value is -4.33. The number of benzene rings is 3. The number of ether oxygens (including phenoxy) is 2. The van der Waals surface area contributed by atoms with Crippen molar-refractivity contribution in [1.29, 1.82) is 0 Å². The van der Waals surface area contributed by atoms with Crippen LogP contribution in [0, 0.1) is 0 Å². The summed E-state index contributed by atoms with van der Waals surface area (Å²) in [5, 5.41) is 5.67. The third kappa shape index (κ3) is 6.09. The molecule has 0 spiro atoms. The van der Waals surface area contributed by atoms with Crippen molar-refractivity contribution >= 4 is 29.3 Å². The first-order valence-corrected chi connectivity index (χ1v) is 9.94. The van der Waals surface area contributed by atoms with Crippen molar-refractivity contribution in [3.05, 3.63) is 89.5 Å². The SMILES string of the molecule is CCOC(=O)Oc1ccc(C(=O)Nc2ccccc2CNC(=O)c2ccc(N)cc2)cc1. The van der Waals surface area contributed by atoms with E-state index in [1.807, 2.05) is 12.1 Å². The first kappa shape index (κ1) is 22.4. The Bertz CT molecular complexity index is 1100. The lowest BCUT2D eigenvalue weighted by Crippen LogP contribution is -2.24. The molecule has 0 aliphatic rings. The van der Waals surface area contributed by atoms with Crippen LogP contribution in [0.15, 0.2) is 72.8 Å². The highest BCUT2D eigenvalue weighted by atomic mass is 16.7. The van der Waals surface area contributed by atoms with Crippen LogP contribution >= 0.6 is 0 Å². The van der Waals surface area contributed by atoms with Crippen molar-refractivity contribution in [1.82, 2.24) is 5.32 Å². The lowest BCUT2D eigenvalue weighted by Gasteiger charge is -2.12. The van der Waals surface area contributed by atoms with Gasteiger partial charge in [-0.2, -0.15) is 0 Å². The van der Waals surface area contributed by atoms with E-state index in [0.29, 0.717) is 22.5 Å². The Balaban J connectivity index is 1.62.